The molecular weight excluding hydrogens is 520 g/mol. The molecule has 176 valence electrons. The van der Waals surface area contributed by atoms with Crippen LogP contribution in [0.2, 0.25) is 20.4 Å². The lowest BCUT2D eigenvalue weighted by atomic mass is 10.1. The van der Waals surface area contributed by atoms with Crippen LogP contribution in [-0.4, -0.2) is 78.8 Å². The molecule has 4 heterocycles. The van der Waals surface area contributed by atoms with Crippen LogP contribution in [0.4, 0.5) is 11.6 Å². The number of nitrogens with one attached hydrogen (secondary N) is 2. The largest absolute Gasteiger partial charge is 0.353 e. The van der Waals surface area contributed by atoms with Crippen molar-refractivity contribution in [3.8, 4) is 0 Å². The fraction of sp³-hybridized carbons (Fsp3) is 0.556. The van der Waals surface area contributed by atoms with Crippen molar-refractivity contribution in [3.05, 3.63) is 32.0 Å². The van der Waals surface area contributed by atoms with Crippen LogP contribution in [0, 0.1) is 0 Å². The predicted molar refractivity (Wildman–Crippen MR) is 132 cm³/mol. The van der Waals surface area contributed by atoms with E-state index in [0.29, 0.717) is 33.3 Å². The zero-order chi connectivity index (χ0) is 22.0. The van der Waals surface area contributed by atoms with E-state index < -0.39 is 5.92 Å². The number of nitrogens with two attached hydrogens (primary N) is 1. The van der Waals surface area contributed by atoms with Crippen molar-refractivity contribution in [3.63, 3.8) is 0 Å². The molecule has 0 radical (unpaired) electrons. The number of rotatable bonds is 5. The molecule has 0 unspecified atom stereocenters. The molecule has 4 rings (SSSR count). The van der Waals surface area contributed by atoms with Gasteiger partial charge in [0, 0.05) is 58.9 Å². The van der Waals surface area contributed by atoms with E-state index in [0.717, 1.165) is 52.4 Å². The standard InChI is InChI=1S/C18H23Cl4N9.ClH/c19-11-13(21)26-15(28-17(11)30-5-1-24-2-6-30)10(9-23)16-27-14(22)12(20)18(29-16)31-7-3-25-4-8-31;/h10,24-25H,1-9,23H2;1H. The monoisotopic (exact) mass is 541 g/mol. The summed E-state index contributed by atoms with van der Waals surface area (Å²) in [7, 11) is 0. The van der Waals surface area contributed by atoms with E-state index in [-0.39, 0.29) is 29.3 Å². The molecule has 0 atom stereocenters. The van der Waals surface area contributed by atoms with Gasteiger partial charge in [-0.1, -0.05) is 46.4 Å². The van der Waals surface area contributed by atoms with Crippen molar-refractivity contribution < 1.29 is 0 Å². The molecule has 2 aromatic rings. The molecule has 32 heavy (non-hydrogen) atoms. The van der Waals surface area contributed by atoms with Crippen molar-refractivity contribution in [1.82, 2.24) is 30.6 Å². The summed E-state index contributed by atoms with van der Waals surface area (Å²) in [5.74, 6) is 1.44. The smallest absolute Gasteiger partial charge is 0.153 e. The van der Waals surface area contributed by atoms with Gasteiger partial charge in [-0.15, -0.1) is 12.4 Å². The molecule has 2 aliphatic rings. The molecule has 0 bridgehead atoms. The molecule has 0 aromatic carbocycles. The number of aromatic nitrogens is 4. The summed E-state index contributed by atoms with van der Waals surface area (Å²) in [6, 6.07) is 0. The van der Waals surface area contributed by atoms with E-state index in [1.165, 1.54) is 0 Å². The Bertz CT molecular complexity index is 862. The highest BCUT2D eigenvalue weighted by atomic mass is 35.5. The van der Waals surface area contributed by atoms with Gasteiger partial charge in [0.1, 0.15) is 21.7 Å². The van der Waals surface area contributed by atoms with E-state index in [2.05, 4.69) is 30.4 Å². The Morgan fingerprint density at radius 1 is 0.719 bits per heavy atom. The van der Waals surface area contributed by atoms with E-state index in [9.17, 15) is 0 Å². The molecule has 0 amide bonds. The Hall–Kier alpha value is -0.910. The van der Waals surface area contributed by atoms with Gasteiger partial charge in [0.05, 0.1) is 5.92 Å². The predicted octanol–water partition coefficient (Wildman–Crippen LogP) is 2.21. The molecule has 2 aliphatic heterocycles. The first-order valence-electron chi connectivity index (χ1n) is 10.1. The highest BCUT2D eigenvalue weighted by molar-refractivity contribution is 6.43. The van der Waals surface area contributed by atoms with Crippen LogP contribution < -0.4 is 26.2 Å². The Kier molecular flexibility index (Phi) is 9.23. The number of piperazine rings is 2. The zero-order valence-corrected chi connectivity index (χ0v) is 21.0. The number of anilines is 2. The fourth-order valence-electron chi connectivity index (χ4n) is 3.66. The Morgan fingerprint density at radius 3 is 1.44 bits per heavy atom. The maximum Gasteiger partial charge on any atom is 0.153 e. The lowest BCUT2D eigenvalue weighted by Gasteiger charge is -2.30. The summed E-state index contributed by atoms with van der Waals surface area (Å²) in [4.78, 5) is 22.3. The average Bonchev–Trinajstić information content (AvgIpc) is 2.80. The van der Waals surface area contributed by atoms with Crippen LogP contribution in [0.3, 0.4) is 0 Å². The minimum atomic E-state index is -0.520. The van der Waals surface area contributed by atoms with Crippen molar-refractivity contribution in [2.75, 3.05) is 68.7 Å². The number of hydrogen-bond acceptors (Lipinski definition) is 9. The normalized spacial score (nSPS) is 16.9. The summed E-state index contributed by atoms with van der Waals surface area (Å²) in [5.41, 5.74) is 6.11. The van der Waals surface area contributed by atoms with Crippen molar-refractivity contribution >= 4 is 70.4 Å². The van der Waals surface area contributed by atoms with Crippen LogP contribution in [0.5, 0.6) is 0 Å². The number of halogens is 5. The average molecular weight is 544 g/mol. The second-order valence-corrected chi connectivity index (χ2v) is 8.75. The zero-order valence-electron chi connectivity index (χ0n) is 17.1. The quantitative estimate of drug-likeness (QED) is 0.489. The highest BCUT2D eigenvalue weighted by Crippen LogP contribution is 2.35. The first-order chi connectivity index (χ1) is 15.0. The maximum atomic E-state index is 6.43. The van der Waals surface area contributed by atoms with Gasteiger partial charge in [-0.2, -0.15) is 0 Å². The van der Waals surface area contributed by atoms with Crippen LogP contribution in [0.15, 0.2) is 0 Å². The molecule has 2 aromatic heterocycles. The minimum Gasteiger partial charge on any atom is -0.353 e. The van der Waals surface area contributed by atoms with Crippen molar-refractivity contribution in [1.29, 1.82) is 0 Å². The molecular formula is C18H24Cl5N9. The van der Waals surface area contributed by atoms with Crippen molar-refractivity contribution in [2.45, 2.75) is 5.92 Å². The van der Waals surface area contributed by atoms with Crippen LogP contribution >= 0.6 is 58.8 Å². The summed E-state index contributed by atoms with van der Waals surface area (Å²) < 4.78 is 0. The first-order valence-corrected chi connectivity index (χ1v) is 11.6. The SMILES string of the molecule is Cl.NCC(c1nc(Cl)c(Cl)c(N2CCNCC2)n1)c1nc(Cl)c(Cl)c(N2CCNCC2)n1. The third kappa shape index (κ3) is 5.42. The van der Waals surface area contributed by atoms with Gasteiger partial charge < -0.3 is 26.2 Å². The summed E-state index contributed by atoms with van der Waals surface area (Å²) >= 11 is 25.6. The molecule has 9 nitrogen and oxygen atoms in total. The molecule has 4 N–H and O–H groups in total. The van der Waals surface area contributed by atoms with Crippen LogP contribution in [0.1, 0.15) is 17.6 Å². The van der Waals surface area contributed by atoms with Gasteiger partial charge in [0.15, 0.2) is 21.9 Å². The van der Waals surface area contributed by atoms with Gasteiger partial charge in [-0.05, 0) is 0 Å². The van der Waals surface area contributed by atoms with Crippen molar-refractivity contribution in [2.24, 2.45) is 5.73 Å². The summed E-state index contributed by atoms with van der Waals surface area (Å²) in [6.45, 7) is 6.53. The third-order valence-electron chi connectivity index (χ3n) is 5.31. The molecule has 0 aliphatic carbocycles. The van der Waals surface area contributed by atoms with Gasteiger partial charge in [-0.25, -0.2) is 19.9 Å². The topological polar surface area (TPSA) is 108 Å². The number of hydrogen-bond donors (Lipinski definition) is 3. The van der Waals surface area contributed by atoms with E-state index in [1.807, 2.05) is 0 Å². The van der Waals surface area contributed by atoms with E-state index in [4.69, 9.17) is 62.1 Å². The maximum absolute atomic E-state index is 6.43. The van der Waals surface area contributed by atoms with E-state index in [1.54, 1.807) is 0 Å². The van der Waals surface area contributed by atoms with Crippen LogP contribution in [0.25, 0.3) is 0 Å². The Balaban J connectivity index is 0.00000289. The first kappa shape index (κ1) is 25.7. The lowest BCUT2D eigenvalue weighted by Crippen LogP contribution is -2.44. The minimum absolute atomic E-state index is 0. The van der Waals surface area contributed by atoms with Crippen LogP contribution in [-0.2, 0) is 0 Å². The van der Waals surface area contributed by atoms with Gasteiger partial charge >= 0.3 is 0 Å². The van der Waals surface area contributed by atoms with E-state index >= 15 is 0 Å². The molecule has 14 heteroatoms. The summed E-state index contributed by atoms with van der Waals surface area (Å²) in [5, 5.41) is 7.58. The molecule has 0 spiro atoms. The Morgan fingerprint density at radius 2 is 1.09 bits per heavy atom. The summed E-state index contributed by atoms with van der Waals surface area (Å²) in [6.07, 6.45) is 0. The molecule has 2 saturated heterocycles. The second kappa shape index (κ2) is 11.5. The third-order valence-corrected chi connectivity index (χ3v) is 6.75. The highest BCUT2D eigenvalue weighted by Gasteiger charge is 2.28. The van der Waals surface area contributed by atoms with Gasteiger partial charge in [0.25, 0.3) is 0 Å². The lowest BCUT2D eigenvalue weighted by molar-refractivity contribution is 0.579. The van der Waals surface area contributed by atoms with Gasteiger partial charge in [0.2, 0.25) is 0 Å². The second-order valence-electron chi connectivity index (χ2n) is 7.28. The number of nitrogens with zero attached hydrogens (tertiary/aromatic N) is 6. The fourth-order valence-corrected chi connectivity index (χ4v) is 4.41. The molecule has 2 fully saturated rings. The Labute approximate surface area is 212 Å². The molecule has 0 saturated carbocycles. The van der Waals surface area contributed by atoms with Gasteiger partial charge in [-0.3, -0.25) is 0 Å².